The Labute approximate surface area is 122 Å². The number of rotatable bonds is 5. The van der Waals surface area contributed by atoms with Crippen LogP contribution in [0.1, 0.15) is 10.4 Å². The quantitative estimate of drug-likeness (QED) is 0.676. The minimum atomic E-state index is -1.56. The number of carbonyl (C=O) groups excluding carboxylic acids is 4. The lowest BCUT2D eigenvalue weighted by molar-refractivity contribution is -0.305. The number of hydrogen-bond donors (Lipinski definition) is 1. The first-order valence-electron chi connectivity index (χ1n) is 5.69. The monoisotopic (exact) mass is 308 g/mol. The van der Waals surface area contributed by atoms with E-state index in [1.807, 2.05) is 0 Å². The molecule has 0 aromatic heterocycles. The fraction of sp³-hybridized carbons (Fsp3) is 0.167. The van der Waals surface area contributed by atoms with Crippen molar-refractivity contribution < 1.29 is 29.4 Å². The highest BCUT2D eigenvalue weighted by Crippen LogP contribution is 2.28. The average Bonchev–Trinajstić information content (AvgIpc) is 2.66. The number of amides is 2. The smallest absolute Gasteiger partial charge is 0.291 e. The highest BCUT2D eigenvalue weighted by molar-refractivity contribution is 8.15. The highest BCUT2D eigenvalue weighted by Gasteiger charge is 2.39. The van der Waals surface area contributed by atoms with Crippen molar-refractivity contribution in [2.24, 2.45) is 0 Å². The molecule has 21 heavy (non-hydrogen) atoms. The first-order valence-corrected chi connectivity index (χ1v) is 6.57. The predicted octanol–water partition coefficient (Wildman–Crippen LogP) is -1.77. The number of benzene rings is 1. The number of aliphatic carboxylic acids is 1. The van der Waals surface area contributed by atoms with Crippen LogP contribution in [-0.2, 0) is 9.59 Å². The summed E-state index contributed by atoms with van der Waals surface area (Å²) in [7, 11) is 0. The Kier molecular flexibility index (Phi) is 4.13. The van der Waals surface area contributed by atoms with Gasteiger partial charge >= 0.3 is 0 Å². The summed E-state index contributed by atoms with van der Waals surface area (Å²) in [4.78, 5) is 45.4. The molecule has 1 aromatic rings. The maximum absolute atomic E-state index is 11.9. The van der Waals surface area contributed by atoms with Crippen LogP contribution in [0.4, 0.5) is 10.5 Å². The SMILES string of the molecule is O=C([O-])CN1C(=O)S[C@@H](Nc2ccccc2C(=O)[O-])C1=O. The van der Waals surface area contributed by atoms with Crippen LogP contribution < -0.4 is 15.5 Å². The Balaban J connectivity index is 2.18. The molecule has 0 spiro atoms. The summed E-state index contributed by atoms with van der Waals surface area (Å²) < 4.78 is 0. The van der Waals surface area contributed by atoms with Gasteiger partial charge in [-0.05, 0) is 17.8 Å². The van der Waals surface area contributed by atoms with Crippen molar-refractivity contribution in [2.75, 3.05) is 11.9 Å². The van der Waals surface area contributed by atoms with E-state index in [1.54, 1.807) is 6.07 Å². The average molecular weight is 308 g/mol. The van der Waals surface area contributed by atoms with Gasteiger partial charge in [-0.15, -0.1) is 0 Å². The maximum atomic E-state index is 11.9. The van der Waals surface area contributed by atoms with E-state index in [2.05, 4.69) is 5.32 Å². The van der Waals surface area contributed by atoms with Crippen molar-refractivity contribution in [3.8, 4) is 0 Å². The Morgan fingerprint density at radius 2 is 1.90 bits per heavy atom. The third-order valence-electron chi connectivity index (χ3n) is 2.65. The summed E-state index contributed by atoms with van der Waals surface area (Å²) in [5, 5.41) is 22.2. The lowest BCUT2D eigenvalue weighted by Crippen LogP contribution is -2.42. The molecule has 2 amide bonds. The molecule has 0 aliphatic carbocycles. The molecular formula is C12H8N2O6S-2. The number of carboxylic acid groups (broad SMARTS) is 2. The molecule has 1 atom stereocenters. The number of thioether (sulfide) groups is 1. The van der Waals surface area contributed by atoms with Gasteiger partial charge in [0.1, 0.15) is 0 Å². The van der Waals surface area contributed by atoms with Crippen LogP contribution in [0.25, 0.3) is 0 Å². The van der Waals surface area contributed by atoms with Crippen LogP contribution in [0.2, 0.25) is 0 Å². The van der Waals surface area contributed by atoms with Gasteiger partial charge in [0.2, 0.25) is 0 Å². The molecule has 0 unspecified atom stereocenters. The number of nitrogens with zero attached hydrogens (tertiary/aromatic N) is 1. The highest BCUT2D eigenvalue weighted by atomic mass is 32.2. The van der Waals surface area contributed by atoms with Crippen molar-refractivity contribution in [1.82, 2.24) is 4.90 Å². The van der Waals surface area contributed by atoms with Gasteiger partial charge in [0, 0.05) is 11.3 Å². The molecule has 1 saturated heterocycles. The first kappa shape index (κ1) is 14.9. The van der Waals surface area contributed by atoms with E-state index < -0.39 is 35.0 Å². The zero-order chi connectivity index (χ0) is 15.6. The number of aromatic carboxylic acids is 1. The van der Waals surface area contributed by atoms with Gasteiger partial charge in [0.25, 0.3) is 11.1 Å². The van der Waals surface area contributed by atoms with Crippen LogP contribution in [0, 0.1) is 0 Å². The molecule has 0 radical (unpaired) electrons. The number of hydrogen-bond acceptors (Lipinski definition) is 8. The number of imide groups is 1. The number of carbonyl (C=O) groups is 4. The van der Waals surface area contributed by atoms with Gasteiger partial charge in [-0.2, -0.15) is 0 Å². The fourth-order valence-electron chi connectivity index (χ4n) is 1.74. The molecule has 110 valence electrons. The molecule has 1 fully saturated rings. The molecular weight excluding hydrogens is 300 g/mol. The summed E-state index contributed by atoms with van der Waals surface area (Å²) in [6, 6.07) is 5.71. The predicted molar refractivity (Wildman–Crippen MR) is 67.9 cm³/mol. The third kappa shape index (κ3) is 3.14. The Bertz CT molecular complexity index is 632. The summed E-state index contributed by atoms with van der Waals surface area (Å²) in [5.41, 5.74) is -0.0665. The molecule has 1 aliphatic rings. The second-order valence-corrected chi connectivity index (χ2v) is 5.09. The van der Waals surface area contributed by atoms with Crippen LogP contribution in [-0.4, -0.2) is 39.9 Å². The van der Waals surface area contributed by atoms with Crippen LogP contribution in [0.15, 0.2) is 24.3 Å². The standard InChI is InChI=1S/C12H10N2O6S/c15-8(16)5-14-10(17)9(21-12(14)20)13-7-4-2-1-3-6(7)11(18)19/h1-4,9,13H,5H2,(H,15,16)(H,18,19)/p-2/t9-/m1/s1. The summed E-state index contributed by atoms with van der Waals surface area (Å²) in [6.07, 6.45) is 0. The van der Waals surface area contributed by atoms with Gasteiger partial charge in [-0.1, -0.05) is 18.2 Å². The summed E-state index contributed by atoms with van der Waals surface area (Å²) in [6.45, 7) is -0.842. The number of nitrogens with one attached hydrogen (secondary N) is 1. The second-order valence-electron chi connectivity index (χ2n) is 4.04. The van der Waals surface area contributed by atoms with E-state index in [1.165, 1.54) is 18.2 Å². The van der Waals surface area contributed by atoms with E-state index in [-0.39, 0.29) is 11.3 Å². The van der Waals surface area contributed by atoms with E-state index in [0.717, 1.165) is 0 Å². The molecule has 1 N–H and O–H groups in total. The Morgan fingerprint density at radius 3 is 2.52 bits per heavy atom. The van der Waals surface area contributed by atoms with Crippen LogP contribution in [0.5, 0.6) is 0 Å². The molecule has 1 aromatic carbocycles. The molecule has 1 aliphatic heterocycles. The van der Waals surface area contributed by atoms with Gasteiger partial charge in [0.15, 0.2) is 5.37 Å². The summed E-state index contributed by atoms with van der Waals surface area (Å²) in [5.74, 6) is -3.78. The maximum Gasteiger partial charge on any atom is 0.291 e. The first-order chi connectivity index (χ1) is 9.90. The van der Waals surface area contributed by atoms with Crippen LogP contribution >= 0.6 is 11.8 Å². The van der Waals surface area contributed by atoms with Crippen molar-refractivity contribution in [2.45, 2.75) is 5.37 Å². The largest absolute Gasteiger partial charge is 0.548 e. The fourth-order valence-corrected chi connectivity index (χ4v) is 2.63. The lowest BCUT2D eigenvalue weighted by Gasteiger charge is -2.17. The minimum Gasteiger partial charge on any atom is -0.548 e. The van der Waals surface area contributed by atoms with Crippen molar-refractivity contribution in [3.63, 3.8) is 0 Å². The van der Waals surface area contributed by atoms with Gasteiger partial charge in [0.05, 0.1) is 18.5 Å². The van der Waals surface area contributed by atoms with Gasteiger partial charge in [-0.3, -0.25) is 14.5 Å². The van der Waals surface area contributed by atoms with E-state index in [0.29, 0.717) is 16.7 Å². The molecule has 8 nitrogen and oxygen atoms in total. The van der Waals surface area contributed by atoms with E-state index >= 15 is 0 Å². The second kappa shape index (κ2) is 5.83. The van der Waals surface area contributed by atoms with Crippen molar-refractivity contribution in [3.05, 3.63) is 29.8 Å². The molecule has 9 heteroatoms. The van der Waals surface area contributed by atoms with Crippen molar-refractivity contribution >= 4 is 40.5 Å². The minimum absolute atomic E-state index is 0.103. The number of para-hydroxylation sites is 1. The van der Waals surface area contributed by atoms with Gasteiger partial charge in [-0.25, -0.2) is 0 Å². The van der Waals surface area contributed by atoms with Gasteiger partial charge < -0.3 is 25.1 Å². The van der Waals surface area contributed by atoms with Crippen molar-refractivity contribution in [1.29, 1.82) is 0 Å². The molecule has 0 bridgehead atoms. The molecule has 2 rings (SSSR count). The zero-order valence-electron chi connectivity index (χ0n) is 10.4. The Morgan fingerprint density at radius 1 is 1.24 bits per heavy atom. The number of anilines is 1. The normalized spacial score (nSPS) is 17.9. The molecule has 0 saturated carbocycles. The summed E-state index contributed by atoms with van der Waals surface area (Å²) >= 11 is 0.561. The third-order valence-corrected chi connectivity index (χ3v) is 3.63. The zero-order valence-corrected chi connectivity index (χ0v) is 11.2. The lowest BCUT2D eigenvalue weighted by atomic mass is 10.2. The van der Waals surface area contributed by atoms with E-state index in [9.17, 15) is 29.4 Å². The van der Waals surface area contributed by atoms with E-state index in [4.69, 9.17) is 0 Å². The van der Waals surface area contributed by atoms with Crippen LogP contribution in [0.3, 0.4) is 0 Å². The molecule has 1 heterocycles. The number of carboxylic acids is 2. The topological polar surface area (TPSA) is 130 Å². The Hall–Kier alpha value is -2.55.